The van der Waals surface area contributed by atoms with E-state index in [1.54, 1.807) is 23.7 Å². The largest absolute Gasteiger partial charge is 0.325 e. The first-order valence-corrected chi connectivity index (χ1v) is 7.47. The Kier molecular flexibility index (Phi) is 4.70. The molecule has 2 amide bonds. The summed E-state index contributed by atoms with van der Waals surface area (Å²) < 4.78 is 0. The van der Waals surface area contributed by atoms with Crippen LogP contribution in [0.5, 0.6) is 0 Å². The van der Waals surface area contributed by atoms with E-state index in [0.717, 1.165) is 5.56 Å². The Labute approximate surface area is 127 Å². The number of hydrogen-bond acceptors (Lipinski definition) is 4. The highest BCUT2D eigenvalue weighted by molar-refractivity contribution is 7.13. The molecule has 5 nitrogen and oxygen atoms in total. The lowest BCUT2D eigenvalue weighted by Crippen LogP contribution is -2.21. The van der Waals surface area contributed by atoms with Gasteiger partial charge in [-0.25, -0.2) is 9.78 Å². The maximum absolute atomic E-state index is 12.2. The molecule has 0 aliphatic rings. The van der Waals surface area contributed by atoms with Crippen molar-refractivity contribution in [2.45, 2.75) is 20.8 Å². The van der Waals surface area contributed by atoms with Crippen LogP contribution in [0.2, 0.25) is 0 Å². The Morgan fingerprint density at radius 2 is 2.00 bits per heavy atom. The summed E-state index contributed by atoms with van der Waals surface area (Å²) in [7, 11) is 0. The quantitative estimate of drug-likeness (QED) is 0.841. The van der Waals surface area contributed by atoms with E-state index in [1.165, 1.54) is 11.3 Å². The minimum Gasteiger partial charge on any atom is -0.307 e. The summed E-state index contributed by atoms with van der Waals surface area (Å²) in [5, 5.41) is 7.62. The van der Waals surface area contributed by atoms with Crippen LogP contribution in [-0.2, 0) is 0 Å². The van der Waals surface area contributed by atoms with Gasteiger partial charge in [0.15, 0.2) is 10.9 Å². The monoisotopic (exact) mass is 303 g/mol. The normalized spacial score (nSPS) is 10.5. The Balaban J connectivity index is 2.19. The van der Waals surface area contributed by atoms with Crippen molar-refractivity contribution >= 4 is 34.0 Å². The number of rotatable bonds is 4. The number of nitrogens with zero attached hydrogens (tertiary/aromatic N) is 1. The molecule has 0 bridgehead atoms. The van der Waals surface area contributed by atoms with Gasteiger partial charge in [0.2, 0.25) is 0 Å². The van der Waals surface area contributed by atoms with Crippen molar-refractivity contribution in [3.05, 3.63) is 40.9 Å². The van der Waals surface area contributed by atoms with Crippen LogP contribution in [0.25, 0.3) is 0 Å². The molecule has 0 aliphatic heterocycles. The van der Waals surface area contributed by atoms with Gasteiger partial charge < -0.3 is 5.32 Å². The fourth-order valence-electron chi connectivity index (χ4n) is 1.82. The van der Waals surface area contributed by atoms with Gasteiger partial charge in [0, 0.05) is 23.1 Å². The van der Waals surface area contributed by atoms with Crippen LogP contribution >= 0.6 is 11.3 Å². The zero-order valence-electron chi connectivity index (χ0n) is 12.1. The van der Waals surface area contributed by atoms with Gasteiger partial charge in [-0.15, -0.1) is 11.3 Å². The molecule has 0 atom stereocenters. The summed E-state index contributed by atoms with van der Waals surface area (Å²) >= 11 is 1.33. The van der Waals surface area contributed by atoms with E-state index in [-0.39, 0.29) is 11.7 Å². The van der Waals surface area contributed by atoms with Crippen LogP contribution < -0.4 is 10.6 Å². The molecule has 0 spiro atoms. The number of aromatic nitrogens is 1. The lowest BCUT2D eigenvalue weighted by atomic mass is 9.98. The van der Waals surface area contributed by atoms with Crippen LogP contribution in [-0.4, -0.2) is 16.8 Å². The van der Waals surface area contributed by atoms with Crippen LogP contribution in [0.15, 0.2) is 29.8 Å². The van der Waals surface area contributed by atoms with E-state index in [1.807, 2.05) is 26.8 Å². The van der Waals surface area contributed by atoms with Gasteiger partial charge in [0.25, 0.3) is 0 Å². The maximum atomic E-state index is 12.2. The Morgan fingerprint density at radius 3 is 2.62 bits per heavy atom. The highest BCUT2D eigenvalue weighted by atomic mass is 32.1. The minimum absolute atomic E-state index is 0.00301. The van der Waals surface area contributed by atoms with Crippen molar-refractivity contribution in [1.82, 2.24) is 4.98 Å². The summed E-state index contributed by atoms with van der Waals surface area (Å²) in [6.45, 7) is 5.59. The molecule has 6 heteroatoms. The third kappa shape index (κ3) is 3.88. The van der Waals surface area contributed by atoms with E-state index in [9.17, 15) is 9.59 Å². The van der Waals surface area contributed by atoms with Crippen LogP contribution in [0.1, 0.15) is 29.8 Å². The zero-order valence-corrected chi connectivity index (χ0v) is 13.0. The first-order chi connectivity index (χ1) is 9.97. The number of benzene rings is 1. The molecular formula is C15H17N3O2S. The van der Waals surface area contributed by atoms with Gasteiger partial charge in [-0.2, -0.15) is 0 Å². The molecule has 2 N–H and O–H groups in total. The Bertz CT molecular complexity index is 651. The first kappa shape index (κ1) is 15.2. The second-order valence-electron chi connectivity index (χ2n) is 4.98. The van der Waals surface area contributed by atoms with Gasteiger partial charge in [-0.3, -0.25) is 10.1 Å². The standard InChI is InChI=1S/C15H17N3O2S/c1-9(2)13(19)11-8-10(3)4-5-12(11)17-14(20)18-15-16-6-7-21-15/h4-9H,1-3H3,(H2,16,17,18,20). The van der Waals surface area contributed by atoms with Crippen molar-refractivity contribution in [2.24, 2.45) is 5.92 Å². The Morgan fingerprint density at radius 1 is 1.24 bits per heavy atom. The van der Waals surface area contributed by atoms with E-state index < -0.39 is 6.03 Å². The van der Waals surface area contributed by atoms with Gasteiger partial charge >= 0.3 is 6.03 Å². The number of aryl methyl sites for hydroxylation is 1. The average molecular weight is 303 g/mol. The number of carbonyl (C=O) groups excluding carboxylic acids is 2. The van der Waals surface area contributed by atoms with Crippen molar-refractivity contribution in [1.29, 1.82) is 0 Å². The number of Topliss-reactive ketones (excluding diaryl/α,β-unsaturated/α-hetero) is 1. The molecule has 1 aromatic carbocycles. The minimum atomic E-state index is -0.411. The Hall–Kier alpha value is -2.21. The number of amides is 2. The van der Waals surface area contributed by atoms with Crippen molar-refractivity contribution < 1.29 is 9.59 Å². The molecule has 0 radical (unpaired) electrons. The van der Waals surface area contributed by atoms with Gasteiger partial charge in [-0.1, -0.05) is 25.5 Å². The lowest BCUT2D eigenvalue weighted by molar-refractivity contribution is 0.0940. The highest BCUT2D eigenvalue weighted by Gasteiger charge is 2.16. The molecule has 2 aromatic rings. The second-order valence-corrected chi connectivity index (χ2v) is 5.88. The fourth-order valence-corrected chi connectivity index (χ4v) is 2.34. The molecule has 0 aliphatic carbocycles. The van der Waals surface area contributed by atoms with Crippen molar-refractivity contribution in [3.63, 3.8) is 0 Å². The fraction of sp³-hybridized carbons (Fsp3) is 0.267. The van der Waals surface area contributed by atoms with Gasteiger partial charge in [-0.05, 0) is 19.1 Å². The van der Waals surface area contributed by atoms with Crippen molar-refractivity contribution in [2.75, 3.05) is 10.6 Å². The number of anilines is 2. The number of nitrogens with one attached hydrogen (secondary N) is 2. The molecule has 1 aromatic heterocycles. The molecule has 1 heterocycles. The highest BCUT2D eigenvalue weighted by Crippen LogP contribution is 2.21. The average Bonchev–Trinajstić information content (AvgIpc) is 2.92. The topological polar surface area (TPSA) is 71.1 Å². The maximum Gasteiger partial charge on any atom is 0.325 e. The first-order valence-electron chi connectivity index (χ1n) is 6.59. The third-order valence-corrected chi connectivity index (χ3v) is 3.55. The molecule has 0 unspecified atom stereocenters. The third-order valence-electron chi connectivity index (χ3n) is 2.87. The van der Waals surface area contributed by atoms with Crippen LogP contribution in [0.4, 0.5) is 15.6 Å². The van der Waals surface area contributed by atoms with Gasteiger partial charge in [0.05, 0.1) is 5.69 Å². The van der Waals surface area contributed by atoms with E-state index in [2.05, 4.69) is 15.6 Å². The second kappa shape index (κ2) is 6.49. The number of ketones is 1. The summed E-state index contributed by atoms with van der Waals surface area (Å²) in [4.78, 5) is 28.2. The lowest BCUT2D eigenvalue weighted by Gasteiger charge is -2.13. The molecular weight excluding hydrogens is 286 g/mol. The molecule has 0 fully saturated rings. The number of carbonyl (C=O) groups is 2. The van der Waals surface area contributed by atoms with E-state index >= 15 is 0 Å². The molecule has 0 saturated heterocycles. The van der Waals surface area contributed by atoms with Crippen LogP contribution in [0, 0.1) is 12.8 Å². The zero-order chi connectivity index (χ0) is 15.4. The van der Waals surface area contributed by atoms with E-state index in [4.69, 9.17) is 0 Å². The molecule has 0 saturated carbocycles. The number of thiazole rings is 1. The summed E-state index contributed by atoms with van der Waals surface area (Å²) in [6.07, 6.45) is 1.61. The summed E-state index contributed by atoms with van der Waals surface area (Å²) in [5.74, 6) is -0.127. The summed E-state index contributed by atoms with van der Waals surface area (Å²) in [6, 6.07) is 4.98. The molecule has 21 heavy (non-hydrogen) atoms. The SMILES string of the molecule is Cc1ccc(NC(=O)Nc2nccs2)c(C(=O)C(C)C)c1. The van der Waals surface area contributed by atoms with E-state index in [0.29, 0.717) is 16.4 Å². The number of hydrogen-bond donors (Lipinski definition) is 2. The summed E-state index contributed by atoms with van der Waals surface area (Å²) in [5.41, 5.74) is 2.01. The smallest absolute Gasteiger partial charge is 0.307 e. The molecule has 2 rings (SSSR count). The predicted octanol–water partition coefficient (Wildman–Crippen LogP) is 3.93. The van der Waals surface area contributed by atoms with Crippen molar-refractivity contribution in [3.8, 4) is 0 Å². The predicted molar refractivity (Wildman–Crippen MR) is 85.1 cm³/mol. The molecule has 110 valence electrons. The van der Waals surface area contributed by atoms with Crippen LogP contribution in [0.3, 0.4) is 0 Å². The number of urea groups is 1. The van der Waals surface area contributed by atoms with Gasteiger partial charge in [0.1, 0.15) is 0 Å².